The molecule has 1 aromatic rings. The zero-order valence-electron chi connectivity index (χ0n) is 6.23. The molecule has 1 aromatic carbocycles. The molecule has 0 aliphatic heterocycles. The van der Waals surface area contributed by atoms with Crippen LogP contribution in [0.5, 0.6) is 0 Å². The number of halogens is 4. The number of alkyl halides is 1. The van der Waals surface area contributed by atoms with E-state index in [1.807, 2.05) is 0 Å². The molecular weight excluding hydrogens is 265 g/mol. The second-order valence-electron chi connectivity index (χ2n) is 2.30. The average molecular weight is 269 g/mol. The van der Waals surface area contributed by atoms with Crippen molar-refractivity contribution in [3.8, 4) is 0 Å². The summed E-state index contributed by atoms with van der Waals surface area (Å²) in [7, 11) is 0. The van der Waals surface area contributed by atoms with Gasteiger partial charge in [0, 0.05) is 5.56 Å². The smallest absolute Gasteiger partial charge is 0.177 e. The summed E-state index contributed by atoms with van der Waals surface area (Å²) in [5.41, 5.74) is -0.0584. The number of hydrogen-bond acceptors (Lipinski definition) is 1. The Morgan fingerprint density at radius 1 is 1.38 bits per heavy atom. The SMILES string of the molecule is O=C[C@@H](Br)c1ccc(Cl)c(F)c1F. The lowest BCUT2D eigenvalue weighted by Gasteiger charge is -2.05. The molecule has 1 atom stereocenters. The molecule has 70 valence electrons. The molecule has 0 unspecified atom stereocenters. The molecule has 0 saturated carbocycles. The van der Waals surface area contributed by atoms with Crippen molar-refractivity contribution in [1.29, 1.82) is 0 Å². The first-order chi connectivity index (χ1) is 6.07. The third-order valence-corrected chi connectivity index (χ3v) is 2.48. The lowest BCUT2D eigenvalue weighted by Crippen LogP contribution is -1.98. The highest BCUT2D eigenvalue weighted by molar-refractivity contribution is 9.09. The van der Waals surface area contributed by atoms with E-state index >= 15 is 0 Å². The van der Waals surface area contributed by atoms with Gasteiger partial charge < -0.3 is 4.79 Å². The Kier molecular flexibility index (Phi) is 3.39. The molecule has 0 amide bonds. The fraction of sp³-hybridized carbons (Fsp3) is 0.125. The summed E-state index contributed by atoms with van der Waals surface area (Å²) in [6.07, 6.45) is 0.464. The van der Waals surface area contributed by atoms with Crippen LogP contribution in [-0.2, 0) is 4.79 Å². The number of rotatable bonds is 2. The highest BCUT2D eigenvalue weighted by Gasteiger charge is 2.17. The Bertz CT molecular complexity index is 343. The van der Waals surface area contributed by atoms with E-state index in [9.17, 15) is 13.6 Å². The van der Waals surface area contributed by atoms with Crippen LogP contribution in [0.25, 0.3) is 0 Å². The molecule has 0 spiro atoms. The molecule has 0 aliphatic rings. The Balaban J connectivity index is 3.25. The van der Waals surface area contributed by atoms with Crippen molar-refractivity contribution < 1.29 is 13.6 Å². The lowest BCUT2D eigenvalue weighted by molar-refractivity contribution is -0.107. The van der Waals surface area contributed by atoms with Crippen LogP contribution >= 0.6 is 27.5 Å². The summed E-state index contributed by atoms with van der Waals surface area (Å²) in [5.74, 6) is -2.23. The molecular formula is C8H4BrClF2O. The maximum absolute atomic E-state index is 13.1. The number of aldehydes is 1. The van der Waals surface area contributed by atoms with Crippen LogP contribution < -0.4 is 0 Å². The van der Waals surface area contributed by atoms with Crippen molar-refractivity contribution in [1.82, 2.24) is 0 Å². The van der Waals surface area contributed by atoms with Crippen molar-refractivity contribution in [2.75, 3.05) is 0 Å². The monoisotopic (exact) mass is 268 g/mol. The molecule has 0 bridgehead atoms. The largest absolute Gasteiger partial charge is 0.302 e. The third-order valence-electron chi connectivity index (χ3n) is 1.48. The number of carbonyl (C=O) groups excluding carboxylic acids is 1. The van der Waals surface area contributed by atoms with Gasteiger partial charge in [0.2, 0.25) is 0 Å². The molecule has 0 heterocycles. The van der Waals surface area contributed by atoms with E-state index in [1.54, 1.807) is 0 Å². The first-order valence-electron chi connectivity index (χ1n) is 3.30. The van der Waals surface area contributed by atoms with Gasteiger partial charge in [-0.05, 0) is 6.07 Å². The normalized spacial score (nSPS) is 12.6. The van der Waals surface area contributed by atoms with Crippen molar-refractivity contribution >= 4 is 33.8 Å². The predicted octanol–water partition coefficient (Wildman–Crippen LogP) is 3.25. The zero-order valence-corrected chi connectivity index (χ0v) is 8.57. The fourth-order valence-corrected chi connectivity index (χ4v) is 1.33. The van der Waals surface area contributed by atoms with Crippen molar-refractivity contribution in [3.63, 3.8) is 0 Å². The van der Waals surface area contributed by atoms with Gasteiger partial charge in [-0.25, -0.2) is 8.78 Å². The Morgan fingerprint density at radius 2 is 2.00 bits per heavy atom. The first kappa shape index (κ1) is 10.6. The molecule has 0 saturated heterocycles. The van der Waals surface area contributed by atoms with Gasteiger partial charge in [-0.15, -0.1) is 0 Å². The van der Waals surface area contributed by atoms with E-state index in [-0.39, 0.29) is 10.6 Å². The molecule has 5 heteroatoms. The minimum Gasteiger partial charge on any atom is -0.302 e. The third kappa shape index (κ3) is 2.06. The van der Waals surface area contributed by atoms with E-state index in [0.717, 1.165) is 0 Å². The molecule has 0 N–H and O–H groups in total. The van der Waals surface area contributed by atoms with Crippen LogP contribution in [-0.4, -0.2) is 6.29 Å². The number of carbonyl (C=O) groups is 1. The Labute approximate surface area is 86.8 Å². The topological polar surface area (TPSA) is 17.1 Å². The van der Waals surface area contributed by atoms with E-state index in [1.165, 1.54) is 12.1 Å². The molecule has 0 radical (unpaired) electrons. The average Bonchev–Trinajstić information content (AvgIpc) is 2.13. The number of benzene rings is 1. The number of hydrogen-bond donors (Lipinski definition) is 0. The maximum Gasteiger partial charge on any atom is 0.177 e. The fourth-order valence-electron chi connectivity index (χ4n) is 0.827. The van der Waals surface area contributed by atoms with Crippen LogP contribution in [0.4, 0.5) is 8.78 Å². The second-order valence-corrected chi connectivity index (χ2v) is 3.70. The van der Waals surface area contributed by atoms with Crippen LogP contribution in [0.1, 0.15) is 10.4 Å². The van der Waals surface area contributed by atoms with E-state index in [2.05, 4.69) is 15.9 Å². The van der Waals surface area contributed by atoms with Crippen LogP contribution in [0.2, 0.25) is 5.02 Å². The van der Waals surface area contributed by atoms with Crippen molar-refractivity contribution in [3.05, 3.63) is 34.4 Å². The highest BCUT2D eigenvalue weighted by Crippen LogP contribution is 2.28. The quantitative estimate of drug-likeness (QED) is 0.457. The standard InChI is InChI=1S/C8H4BrClF2O/c9-5(3-13)4-1-2-6(10)8(12)7(4)11/h1-3,5H/t5-/m1/s1. The lowest BCUT2D eigenvalue weighted by atomic mass is 10.1. The van der Waals surface area contributed by atoms with E-state index < -0.39 is 16.5 Å². The van der Waals surface area contributed by atoms with Gasteiger partial charge in [0.05, 0.1) is 9.85 Å². The molecule has 1 rings (SSSR count). The van der Waals surface area contributed by atoms with Crippen molar-refractivity contribution in [2.45, 2.75) is 4.83 Å². The van der Waals surface area contributed by atoms with Gasteiger partial charge >= 0.3 is 0 Å². The summed E-state index contributed by atoms with van der Waals surface area (Å²) in [6, 6.07) is 2.46. The van der Waals surface area contributed by atoms with E-state index in [0.29, 0.717) is 6.29 Å². The van der Waals surface area contributed by atoms with Gasteiger partial charge in [-0.3, -0.25) is 0 Å². The van der Waals surface area contributed by atoms with Crippen LogP contribution in [0, 0.1) is 11.6 Å². The molecule has 0 aromatic heterocycles. The summed E-state index contributed by atoms with van der Waals surface area (Å²) < 4.78 is 25.9. The van der Waals surface area contributed by atoms with Gasteiger partial charge in [-0.1, -0.05) is 33.6 Å². The van der Waals surface area contributed by atoms with Gasteiger partial charge in [-0.2, -0.15) is 0 Å². The minimum absolute atomic E-state index is 0.0584. The Morgan fingerprint density at radius 3 is 2.54 bits per heavy atom. The molecule has 13 heavy (non-hydrogen) atoms. The minimum atomic E-state index is -1.13. The molecule has 0 aliphatic carbocycles. The second kappa shape index (κ2) is 4.15. The summed E-state index contributed by atoms with van der Waals surface area (Å²) >= 11 is 8.19. The van der Waals surface area contributed by atoms with Crippen LogP contribution in [0.3, 0.4) is 0 Å². The van der Waals surface area contributed by atoms with E-state index in [4.69, 9.17) is 11.6 Å². The van der Waals surface area contributed by atoms with Crippen LogP contribution in [0.15, 0.2) is 12.1 Å². The summed E-state index contributed by atoms with van der Waals surface area (Å²) in [5, 5.41) is -0.299. The predicted molar refractivity (Wildman–Crippen MR) is 49.1 cm³/mol. The molecule has 0 fully saturated rings. The van der Waals surface area contributed by atoms with Gasteiger partial charge in [0.25, 0.3) is 0 Å². The summed E-state index contributed by atoms with van der Waals surface area (Å²) in [4.78, 5) is 9.44. The highest BCUT2D eigenvalue weighted by atomic mass is 79.9. The maximum atomic E-state index is 13.1. The first-order valence-corrected chi connectivity index (χ1v) is 4.60. The summed E-state index contributed by atoms with van der Waals surface area (Å²) in [6.45, 7) is 0. The van der Waals surface area contributed by atoms with Gasteiger partial charge in [0.15, 0.2) is 11.6 Å². The van der Waals surface area contributed by atoms with Crippen molar-refractivity contribution in [2.24, 2.45) is 0 Å². The zero-order chi connectivity index (χ0) is 10.0. The van der Waals surface area contributed by atoms with Gasteiger partial charge in [0.1, 0.15) is 6.29 Å². The molecule has 1 nitrogen and oxygen atoms in total. The Hall–Kier alpha value is -0.480.